The van der Waals surface area contributed by atoms with Gasteiger partial charge >= 0.3 is 5.97 Å². The summed E-state index contributed by atoms with van der Waals surface area (Å²) < 4.78 is 5.82. The molecule has 0 heterocycles. The summed E-state index contributed by atoms with van der Waals surface area (Å²) in [5.41, 5.74) is 3.54. The molecule has 2 unspecified atom stereocenters. The van der Waals surface area contributed by atoms with Crippen molar-refractivity contribution < 1.29 is 14.3 Å². The summed E-state index contributed by atoms with van der Waals surface area (Å²) in [5, 5.41) is 0. The van der Waals surface area contributed by atoms with E-state index in [0.29, 0.717) is 19.3 Å². The van der Waals surface area contributed by atoms with E-state index >= 15 is 0 Å². The highest BCUT2D eigenvalue weighted by molar-refractivity contribution is 6.00. The van der Waals surface area contributed by atoms with Crippen molar-refractivity contribution in [3.8, 4) is 0 Å². The summed E-state index contributed by atoms with van der Waals surface area (Å²) in [7, 11) is 0. The van der Waals surface area contributed by atoms with Crippen LogP contribution < -0.4 is 0 Å². The highest BCUT2D eigenvalue weighted by Crippen LogP contribution is 2.34. The first-order valence-electron chi connectivity index (χ1n) is 9.82. The Morgan fingerprint density at radius 3 is 2.00 bits per heavy atom. The largest absolute Gasteiger partial charge is 0.457 e. The molecule has 0 saturated heterocycles. The molecule has 2 atom stereocenters. The maximum Gasteiger partial charge on any atom is 0.317 e. The smallest absolute Gasteiger partial charge is 0.317 e. The molecule has 144 valence electrons. The van der Waals surface area contributed by atoms with Crippen molar-refractivity contribution in [1.82, 2.24) is 0 Å². The predicted molar refractivity (Wildman–Crippen MR) is 105 cm³/mol. The molecule has 3 heteroatoms. The van der Waals surface area contributed by atoms with Crippen molar-refractivity contribution in [2.24, 2.45) is 5.92 Å². The first-order valence-corrected chi connectivity index (χ1v) is 9.82. The molecule has 1 aromatic rings. The molecular formula is C23H34O3. The van der Waals surface area contributed by atoms with E-state index in [1.54, 1.807) is 0 Å². The predicted octanol–water partition coefficient (Wildman–Crippen LogP) is 5.65. The number of Topliss-reactive ketones (excluding diaryl/α,β-unsaturated/α-hetero) is 1. The molecule has 0 amide bonds. The molecule has 1 fully saturated rings. The minimum atomic E-state index is -0.558. The highest BCUT2D eigenvalue weighted by Gasteiger charge is 2.34. The second-order valence-corrected chi connectivity index (χ2v) is 9.59. The van der Waals surface area contributed by atoms with Gasteiger partial charge in [0.25, 0.3) is 0 Å². The van der Waals surface area contributed by atoms with E-state index in [-0.39, 0.29) is 28.7 Å². The Balaban J connectivity index is 2.36. The number of esters is 1. The second-order valence-electron chi connectivity index (χ2n) is 9.59. The van der Waals surface area contributed by atoms with E-state index in [1.165, 1.54) is 11.1 Å². The van der Waals surface area contributed by atoms with Gasteiger partial charge in [-0.3, -0.25) is 9.59 Å². The summed E-state index contributed by atoms with van der Waals surface area (Å²) >= 11 is 0. The SMILES string of the molecule is CCC(OC(=O)C1CCCC1=O)c1cc(C(C)(C)C)cc(C(C)(C)C)c1. The van der Waals surface area contributed by atoms with Gasteiger partial charge in [0, 0.05) is 6.42 Å². The average molecular weight is 359 g/mol. The number of benzene rings is 1. The molecule has 1 aromatic carbocycles. The van der Waals surface area contributed by atoms with Crippen molar-refractivity contribution in [2.45, 2.75) is 91.1 Å². The molecular weight excluding hydrogens is 324 g/mol. The summed E-state index contributed by atoms with van der Waals surface area (Å²) in [5.74, 6) is -0.876. The van der Waals surface area contributed by atoms with Gasteiger partial charge in [-0.05, 0) is 46.8 Å². The van der Waals surface area contributed by atoms with Crippen molar-refractivity contribution >= 4 is 11.8 Å². The average Bonchev–Trinajstić information content (AvgIpc) is 2.96. The van der Waals surface area contributed by atoms with Crippen LogP contribution >= 0.6 is 0 Å². The zero-order chi connectivity index (χ0) is 19.7. The summed E-state index contributed by atoms with van der Waals surface area (Å²) in [6.07, 6.45) is 2.32. The fourth-order valence-electron chi connectivity index (χ4n) is 3.38. The van der Waals surface area contributed by atoms with Gasteiger partial charge in [0.1, 0.15) is 17.8 Å². The van der Waals surface area contributed by atoms with E-state index in [4.69, 9.17) is 4.74 Å². The van der Waals surface area contributed by atoms with Crippen LogP contribution in [0.4, 0.5) is 0 Å². The lowest BCUT2D eigenvalue weighted by atomic mass is 9.79. The van der Waals surface area contributed by atoms with E-state index in [2.05, 4.69) is 59.7 Å². The lowest BCUT2D eigenvalue weighted by Gasteiger charge is -2.28. The third-order valence-electron chi connectivity index (χ3n) is 5.28. The number of hydrogen-bond acceptors (Lipinski definition) is 3. The number of ether oxygens (including phenoxy) is 1. The van der Waals surface area contributed by atoms with Crippen LogP contribution in [0.3, 0.4) is 0 Å². The molecule has 0 aromatic heterocycles. The van der Waals surface area contributed by atoms with Gasteiger partial charge in [-0.25, -0.2) is 0 Å². The van der Waals surface area contributed by atoms with Crippen molar-refractivity contribution in [3.05, 3.63) is 34.9 Å². The molecule has 0 radical (unpaired) electrons. The Bertz CT molecular complexity index is 641. The molecule has 0 bridgehead atoms. The Morgan fingerprint density at radius 2 is 1.62 bits per heavy atom. The Morgan fingerprint density at radius 1 is 1.08 bits per heavy atom. The van der Waals surface area contributed by atoms with E-state index in [1.807, 2.05) is 6.92 Å². The highest BCUT2D eigenvalue weighted by atomic mass is 16.5. The van der Waals surface area contributed by atoms with Crippen LogP contribution in [0.2, 0.25) is 0 Å². The van der Waals surface area contributed by atoms with Gasteiger partial charge in [0.2, 0.25) is 0 Å². The molecule has 1 aliphatic carbocycles. The van der Waals surface area contributed by atoms with Gasteiger partial charge in [-0.15, -0.1) is 0 Å². The normalized spacial score (nSPS) is 19.5. The number of carbonyl (C=O) groups is 2. The van der Waals surface area contributed by atoms with E-state index in [9.17, 15) is 9.59 Å². The first kappa shape index (κ1) is 20.7. The van der Waals surface area contributed by atoms with Crippen LogP contribution in [0.25, 0.3) is 0 Å². The van der Waals surface area contributed by atoms with Gasteiger partial charge in [0.15, 0.2) is 0 Å². The monoisotopic (exact) mass is 358 g/mol. The first-order chi connectivity index (χ1) is 11.9. The Hall–Kier alpha value is -1.64. The number of hydrogen-bond donors (Lipinski definition) is 0. The third-order valence-corrected chi connectivity index (χ3v) is 5.28. The second kappa shape index (κ2) is 7.54. The summed E-state index contributed by atoms with van der Waals surface area (Å²) in [6.45, 7) is 15.2. The van der Waals surface area contributed by atoms with Crippen molar-refractivity contribution in [3.63, 3.8) is 0 Å². The zero-order valence-electron chi connectivity index (χ0n) is 17.4. The minimum Gasteiger partial charge on any atom is -0.457 e. The van der Waals surface area contributed by atoms with Gasteiger partial charge in [0.05, 0.1) is 0 Å². The molecule has 2 rings (SSSR count). The molecule has 26 heavy (non-hydrogen) atoms. The number of ketones is 1. The van der Waals surface area contributed by atoms with E-state index < -0.39 is 5.92 Å². The standard InChI is InChI=1S/C23H34O3/c1-8-20(26-21(25)18-10-9-11-19(18)24)15-12-16(22(2,3)4)14-17(13-15)23(5,6)7/h12-14,18,20H,8-11H2,1-7H3. The van der Waals surface area contributed by atoms with Crippen LogP contribution in [0, 0.1) is 5.92 Å². The van der Waals surface area contributed by atoms with Crippen molar-refractivity contribution in [1.29, 1.82) is 0 Å². The fourth-order valence-corrected chi connectivity index (χ4v) is 3.38. The Kier molecular flexibility index (Phi) is 5.99. The van der Waals surface area contributed by atoms with E-state index in [0.717, 1.165) is 12.0 Å². The molecule has 1 aliphatic rings. The summed E-state index contributed by atoms with van der Waals surface area (Å²) in [4.78, 5) is 24.4. The maximum atomic E-state index is 12.5. The van der Waals surface area contributed by atoms with Crippen LogP contribution in [0.1, 0.15) is 96.9 Å². The molecule has 3 nitrogen and oxygen atoms in total. The van der Waals surface area contributed by atoms with Gasteiger partial charge in [-0.1, -0.05) is 66.7 Å². The number of carbonyl (C=O) groups excluding carboxylic acids is 2. The molecule has 1 saturated carbocycles. The topological polar surface area (TPSA) is 43.4 Å². The van der Waals surface area contributed by atoms with Crippen LogP contribution in [-0.2, 0) is 25.2 Å². The number of rotatable bonds is 4. The fraction of sp³-hybridized carbons (Fsp3) is 0.652. The Labute approximate surface area is 158 Å². The molecule has 0 aliphatic heterocycles. The maximum absolute atomic E-state index is 12.5. The zero-order valence-corrected chi connectivity index (χ0v) is 17.4. The van der Waals surface area contributed by atoms with Crippen LogP contribution in [0.5, 0.6) is 0 Å². The van der Waals surface area contributed by atoms with Crippen molar-refractivity contribution in [2.75, 3.05) is 0 Å². The molecule has 0 N–H and O–H groups in total. The third kappa shape index (κ3) is 4.75. The minimum absolute atomic E-state index is 0.0136. The lowest BCUT2D eigenvalue weighted by molar-refractivity contribution is -0.156. The summed E-state index contributed by atoms with van der Waals surface area (Å²) in [6, 6.07) is 6.58. The van der Waals surface area contributed by atoms with Gasteiger partial charge in [-0.2, -0.15) is 0 Å². The lowest BCUT2D eigenvalue weighted by Crippen LogP contribution is -2.24. The molecule has 0 spiro atoms. The van der Waals surface area contributed by atoms with Crippen LogP contribution in [-0.4, -0.2) is 11.8 Å². The quantitative estimate of drug-likeness (QED) is 0.516. The van der Waals surface area contributed by atoms with Crippen LogP contribution in [0.15, 0.2) is 18.2 Å². The van der Waals surface area contributed by atoms with Gasteiger partial charge < -0.3 is 4.74 Å².